The summed E-state index contributed by atoms with van der Waals surface area (Å²) >= 11 is 0. The summed E-state index contributed by atoms with van der Waals surface area (Å²) in [7, 11) is 0. The third-order valence-corrected chi connectivity index (χ3v) is 7.71. The Bertz CT molecular complexity index is 277. The molecule has 0 bridgehead atoms. The van der Waals surface area contributed by atoms with Gasteiger partial charge in [-0.2, -0.15) is 0 Å². The molecule has 0 aromatic heterocycles. The molecule has 0 atom stereocenters. The standard InChI is InChI=1S/C33H68/c1-3-5-7-9-11-13-15-17-19-21-23-25-27-29-31-33-32-30-28-26-24-22-20-18-16-14-12-10-8-6-4-2/h3-33H2,1-2H3. The van der Waals surface area contributed by atoms with Crippen LogP contribution >= 0.6 is 0 Å². The van der Waals surface area contributed by atoms with Crippen LogP contribution in [-0.2, 0) is 0 Å². The van der Waals surface area contributed by atoms with Crippen LogP contribution in [0.5, 0.6) is 0 Å². The lowest BCUT2D eigenvalue weighted by atomic mass is 10.0. The molecule has 0 saturated carbocycles. The van der Waals surface area contributed by atoms with Gasteiger partial charge in [-0.15, -0.1) is 0 Å². The van der Waals surface area contributed by atoms with Crippen LogP contribution in [0.25, 0.3) is 0 Å². The maximum absolute atomic E-state index is 2.31. The Morgan fingerprint density at radius 1 is 0.152 bits per heavy atom. The van der Waals surface area contributed by atoms with E-state index in [-0.39, 0.29) is 0 Å². The zero-order chi connectivity index (χ0) is 23.9. The molecule has 0 N–H and O–H groups in total. The van der Waals surface area contributed by atoms with Crippen molar-refractivity contribution in [2.24, 2.45) is 0 Å². The van der Waals surface area contributed by atoms with E-state index in [0.29, 0.717) is 0 Å². The minimum Gasteiger partial charge on any atom is -0.0654 e. The first kappa shape index (κ1) is 33.0. The Hall–Kier alpha value is 0. The van der Waals surface area contributed by atoms with Crippen LogP contribution in [0.15, 0.2) is 0 Å². The molecular weight excluding hydrogens is 396 g/mol. The van der Waals surface area contributed by atoms with Gasteiger partial charge in [0.1, 0.15) is 0 Å². The fraction of sp³-hybridized carbons (Fsp3) is 1.00. The van der Waals surface area contributed by atoms with Crippen LogP contribution in [0.1, 0.15) is 213 Å². The van der Waals surface area contributed by atoms with Gasteiger partial charge < -0.3 is 0 Å². The normalized spacial score (nSPS) is 11.5. The Kier molecular flexibility index (Phi) is 32.0. The van der Waals surface area contributed by atoms with E-state index in [1.54, 1.807) is 0 Å². The zero-order valence-corrected chi connectivity index (χ0v) is 23.9. The largest absolute Gasteiger partial charge is 0.0654 e. The molecule has 0 fully saturated rings. The summed E-state index contributed by atoms with van der Waals surface area (Å²) in [6.45, 7) is 4.61. The fourth-order valence-electron chi connectivity index (χ4n) is 5.27. The van der Waals surface area contributed by atoms with E-state index in [0.717, 1.165) is 0 Å². The highest BCUT2D eigenvalue weighted by atomic mass is 14.0. The van der Waals surface area contributed by atoms with Gasteiger partial charge in [0.25, 0.3) is 0 Å². The molecule has 0 heterocycles. The second-order valence-corrected chi connectivity index (χ2v) is 11.3. The summed E-state index contributed by atoms with van der Waals surface area (Å²) in [5.74, 6) is 0. The Morgan fingerprint density at radius 2 is 0.242 bits per heavy atom. The SMILES string of the molecule is CCCCCCCCCCCCCCCCCCCCCCCCCCCCCCCCC. The molecule has 0 heteroatoms. The molecule has 0 aromatic rings. The van der Waals surface area contributed by atoms with Crippen molar-refractivity contribution in [3.63, 3.8) is 0 Å². The number of hydrogen-bond donors (Lipinski definition) is 0. The van der Waals surface area contributed by atoms with Crippen LogP contribution in [0.2, 0.25) is 0 Å². The quantitative estimate of drug-likeness (QED) is 0.0927. The van der Waals surface area contributed by atoms with Gasteiger partial charge in [0.05, 0.1) is 0 Å². The van der Waals surface area contributed by atoms with Crippen LogP contribution in [-0.4, -0.2) is 0 Å². The highest BCUT2D eigenvalue weighted by molar-refractivity contribution is 4.52. The monoisotopic (exact) mass is 465 g/mol. The van der Waals surface area contributed by atoms with Crippen molar-refractivity contribution in [3.05, 3.63) is 0 Å². The Morgan fingerprint density at radius 3 is 0.333 bits per heavy atom. The fourth-order valence-corrected chi connectivity index (χ4v) is 5.27. The van der Waals surface area contributed by atoms with Gasteiger partial charge in [-0.05, 0) is 0 Å². The number of unbranched alkanes of at least 4 members (excludes halogenated alkanes) is 30. The minimum absolute atomic E-state index is 1.37. The molecule has 200 valence electrons. The summed E-state index contributed by atoms with van der Waals surface area (Å²) in [6, 6.07) is 0. The van der Waals surface area contributed by atoms with Gasteiger partial charge in [-0.1, -0.05) is 213 Å². The predicted molar refractivity (Wildman–Crippen MR) is 154 cm³/mol. The molecule has 0 aliphatic rings. The lowest BCUT2D eigenvalue weighted by Crippen LogP contribution is -1.85. The van der Waals surface area contributed by atoms with Crippen molar-refractivity contribution in [3.8, 4) is 0 Å². The molecule has 0 unspecified atom stereocenters. The summed E-state index contributed by atoms with van der Waals surface area (Å²) in [5, 5.41) is 0. The van der Waals surface area contributed by atoms with Gasteiger partial charge in [0.2, 0.25) is 0 Å². The van der Waals surface area contributed by atoms with Crippen LogP contribution < -0.4 is 0 Å². The Balaban J connectivity index is 2.99. The molecule has 0 radical (unpaired) electrons. The molecule has 0 saturated heterocycles. The predicted octanol–water partition coefficient (Wildman–Crippen LogP) is 13.1. The molecule has 0 nitrogen and oxygen atoms in total. The zero-order valence-electron chi connectivity index (χ0n) is 23.9. The summed E-state index contributed by atoms with van der Waals surface area (Å²) in [4.78, 5) is 0. The topological polar surface area (TPSA) is 0 Å². The van der Waals surface area contributed by atoms with E-state index in [1.807, 2.05) is 0 Å². The van der Waals surface area contributed by atoms with Crippen LogP contribution in [0.4, 0.5) is 0 Å². The average Bonchev–Trinajstić information content (AvgIpc) is 2.83. The molecule has 0 spiro atoms. The second kappa shape index (κ2) is 32.0. The van der Waals surface area contributed by atoms with Gasteiger partial charge >= 0.3 is 0 Å². The van der Waals surface area contributed by atoms with E-state index in [2.05, 4.69) is 13.8 Å². The Labute approximate surface area is 212 Å². The second-order valence-electron chi connectivity index (χ2n) is 11.3. The molecule has 33 heavy (non-hydrogen) atoms. The van der Waals surface area contributed by atoms with E-state index in [1.165, 1.54) is 199 Å². The van der Waals surface area contributed by atoms with Crippen molar-refractivity contribution in [2.75, 3.05) is 0 Å². The third kappa shape index (κ3) is 32.0. The highest BCUT2D eigenvalue weighted by Gasteiger charge is 1.96. The molecule has 0 amide bonds. The summed E-state index contributed by atoms with van der Waals surface area (Å²) < 4.78 is 0. The van der Waals surface area contributed by atoms with Gasteiger partial charge in [0, 0.05) is 0 Å². The third-order valence-electron chi connectivity index (χ3n) is 7.71. The first-order valence-corrected chi connectivity index (χ1v) is 16.4. The first-order chi connectivity index (χ1) is 16.4. The maximum Gasteiger partial charge on any atom is -0.0533 e. The molecular formula is C33H68. The van der Waals surface area contributed by atoms with E-state index in [9.17, 15) is 0 Å². The van der Waals surface area contributed by atoms with Crippen LogP contribution in [0, 0.1) is 0 Å². The summed E-state index contributed by atoms with van der Waals surface area (Å²) in [6.07, 6.45) is 45.9. The van der Waals surface area contributed by atoms with Crippen molar-refractivity contribution in [1.82, 2.24) is 0 Å². The van der Waals surface area contributed by atoms with Gasteiger partial charge in [0.15, 0.2) is 0 Å². The molecule has 0 aliphatic heterocycles. The first-order valence-electron chi connectivity index (χ1n) is 16.4. The highest BCUT2D eigenvalue weighted by Crippen LogP contribution is 2.16. The summed E-state index contributed by atoms with van der Waals surface area (Å²) in [5.41, 5.74) is 0. The van der Waals surface area contributed by atoms with Crippen LogP contribution in [0.3, 0.4) is 0 Å². The molecule has 0 aromatic carbocycles. The van der Waals surface area contributed by atoms with E-state index < -0.39 is 0 Å². The number of rotatable bonds is 30. The van der Waals surface area contributed by atoms with Crippen molar-refractivity contribution < 1.29 is 0 Å². The van der Waals surface area contributed by atoms with Crippen molar-refractivity contribution >= 4 is 0 Å². The minimum atomic E-state index is 1.37. The number of hydrogen-bond acceptors (Lipinski definition) is 0. The smallest absolute Gasteiger partial charge is 0.0533 e. The van der Waals surface area contributed by atoms with E-state index >= 15 is 0 Å². The van der Waals surface area contributed by atoms with Crippen molar-refractivity contribution in [2.45, 2.75) is 213 Å². The lowest BCUT2D eigenvalue weighted by molar-refractivity contribution is 0.513. The molecule has 0 aliphatic carbocycles. The molecule has 0 rings (SSSR count). The van der Waals surface area contributed by atoms with Gasteiger partial charge in [-0.25, -0.2) is 0 Å². The van der Waals surface area contributed by atoms with Gasteiger partial charge in [-0.3, -0.25) is 0 Å². The lowest BCUT2D eigenvalue weighted by Gasteiger charge is -2.04. The maximum atomic E-state index is 2.31. The van der Waals surface area contributed by atoms with E-state index in [4.69, 9.17) is 0 Å². The average molecular weight is 465 g/mol. The van der Waals surface area contributed by atoms with Crippen molar-refractivity contribution in [1.29, 1.82) is 0 Å².